The Morgan fingerprint density at radius 2 is 2.11 bits per heavy atom. The molecule has 2 rings (SSSR count). The van der Waals surface area contributed by atoms with Crippen molar-refractivity contribution < 1.29 is 10.0 Å². The van der Waals surface area contributed by atoms with E-state index in [4.69, 9.17) is 10.8 Å². The van der Waals surface area contributed by atoms with Gasteiger partial charge in [-0.15, -0.1) is 0 Å². The molecule has 0 aromatic heterocycles. The number of nitrogens with zero attached hydrogens (tertiary/aromatic N) is 2. The number of hydrogen-bond donors (Lipinski definition) is 2. The van der Waals surface area contributed by atoms with Crippen LogP contribution in [-0.2, 0) is 0 Å². The van der Waals surface area contributed by atoms with Gasteiger partial charge in [-0.3, -0.25) is 10.1 Å². The Bertz CT molecular complexity index is 442. The molecule has 0 atom stereocenters. The van der Waals surface area contributed by atoms with Crippen molar-refractivity contribution >= 4 is 17.1 Å². The summed E-state index contributed by atoms with van der Waals surface area (Å²) in [5, 5.41) is 19.7. The largest absolute Gasteiger partial charge is 0.397 e. The molecule has 1 aliphatic rings. The second-order valence-corrected chi connectivity index (χ2v) is 4.61. The van der Waals surface area contributed by atoms with Crippen molar-refractivity contribution in [2.75, 3.05) is 30.3 Å². The van der Waals surface area contributed by atoms with E-state index in [-0.39, 0.29) is 12.3 Å². The van der Waals surface area contributed by atoms with Gasteiger partial charge in [-0.05, 0) is 24.8 Å². The van der Waals surface area contributed by atoms with Gasteiger partial charge in [0.05, 0.1) is 16.3 Å². The number of aliphatic hydroxyl groups excluding tert-OH is 1. The first-order chi connectivity index (χ1) is 8.61. The zero-order valence-electron chi connectivity index (χ0n) is 10.1. The average molecular weight is 251 g/mol. The van der Waals surface area contributed by atoms with Crippen LogP contribution in [0.25, 0.3) is 0 Å². The van der Waals surface area contributed by atoms with Crippen LogP contribution in [0, 0.1) is 16.0 Å². The number of piperidine rings is 1. The van der Waals surface area contributed by atoms with Gasteiger partial charge >= 0.3 is 0 Å². The second kappa shape index (κ2) is 5.22. The second-order valence-electron chi connectivity index (χ2n) is 4.61. The number of aliphatic hydroxyl groups is 1. The topological polar surface area (TPSA) is 92.6 Å². The Kier molecular flexibility index (Phi) is 3.66. The van der Waals surface area contributed by atoms with E-state index in [9.17, 15) is 10.1 Å². The van der Waals surface area contributed by atoms with Crippen LogP contribution in [0.3, 0.4) is 0 Å². The van der Waals surface area contributed by atoms with E-state index in [0.29, 0.717) is 11.6 Å². The van der Waals surface area contributed by atoms with Crippen LogP contribution in [0.5, 0.6) is 0 Å². The summed E-state index contributed by atoms with van der Waals surface area (Å²) in [7, 11) is 0. The van der Waals surface area contributed by atoms with E-state index in [1.807, 2.05) is 0 Å². The van der Waals surface area contributed by atoms with Crippen LogP contribution in [0.15, 0.2) is 18.2 Å². The van der Waals surface area contributed by atoms with E-state index in [1.165, 1.54) is 12.1 Å². The molecule has 1 aromatic rings. The lowest BCUT2D eigenvalue weighted by molar-refractivity contribution is -0.384. The molecule has 0 radical (unpaired) electrons. The number of rotatable bonds is 3. The van der Waals surface area contributed by atoms with Gasteiger partial charge in [0.2, 0.25) is 0 Å². The highest BCUT2D eigenvalue weighted by Crippen LogP contribution is 2.30. The summed E-state index contributed by atoms with van der Waals surface area (Å²) in [6.07, 6.45) is 1.85. The molecule has 6 nitrogen and oxygen atoms in total. The summed E-state index contributed by atoms with van der Waals surface area (Å²) in [5.41, 5.74) is 7.16. The normalized spacial score (nSPS) is 16.8. The van der Waals surface area contributed by atoms with Crippen LogP contribution < -0.4 is 10.6 Å². The molecule has 0 bridgehead atoms. The van der Waals surface area contributed by atoms with Crippen molar-refractivity contribution in [1.82, 2.24) is 0 Å². The molecule has 98 valence electrons. The van der Waals surface area contributed by atoms with Gasteiger partial charge in [-0.2, -0.15) is 0 Å². The molecule has 0 unspecified atom stereocenters. The quantitative estimate of drug-likeness (QED) is 0.481. The Hall–Kier alpha value is -1.82. The molecule has 1 aromatic carbocycles. The lowest BCUT2D eigenvalue weighted by Gasteiger charge is -2.33. The number of hydrogen-bond acceptors (Lipinski definition) is 5. The molecule has 0 amide bonds. The fourth-order valence-corrected chi connectivity index (χ4v) is 2.30. The van der Waals surface area contributed by atoms with Crippen LogP contribution in [-0.4, -0.2) is 29.7 Å². The maximum atomic E-state index is 10.6. The fraction of sp³-hybridized carbons (Fsp3) is 0.500. The van der Waals surface area contributed by atoms with Crippen molar-refractivity contribution in [3.8, 4) is 0 Å². The van der Waals surface area contributed by atoms with Gasteiger partial charge in [-0.1, -0.05) is 0 Å². The molecule has 18 heavy (non-hydrogen) atoms. The Morgan fingerprint density at radius 3 is 2.61 bits per heavy atom. The standard InChI is InChI=1S/C12H17N3O3/c13-11-7-10(15(17)18)1-2-12(11)14-5-3-9(8-16)4-6-14/h1-2,7,9,16H,3-6,8,13H2. The fourth-order valence-electron chi connectivity index (χ4n) is 2.30. The van der Waals surface area contributed by atoms with Crippen molar-refractivity contribution in [3.05, 3.63) is 28.3 Å². The zero-order valence-corrected chi connectivity index (χ0v) is 10.1. The van der Waals surface area contributed by atoms with Gasteiger partial charge < -0.3 is 15.7 Å². The summed E-state index contributed by atoms with van der Waals surface area (Å²) in [4.78, 5) is 12.3. The summed E-state index contributed by atoms with van der Waals surface area (Å²) < 4.78 is 0. The Balaban J connectivity index is 2.12. The number of nitrogens with two attached hydrogens (primary N) is 1. The highest BCUT2D eigenvalue weighted by Gasteiger charge is 2.21. The van der Waals surface area contributed by atoms with Crippen molar-refractivity contribution in [2.24, 2.45) is 5.92 Å². The first kappa shape index (κ1) is 12.6. The lowest BCUT2D eigenvalue weighted by atomic mass is 9.97. The summed E-state index contributed by atoms with van der Waals surface area (Å²) in [5.74, 6) is 0.362. The molecule has 3 N–H and O–H groups in total. The van der Waals surface area contributed by atoms with Crippen LogP contribution in [0.4, 0.5) is 17.1 Å². The van der Waals surface area contributed by atoms with E-state index < -0.39 is 4.92 Å². The van der Waals surface area contributed by atoms with Crippen molar-refractivity contribution in [1.29, 1.82) is 0 Å². The van der Waals surface area contributed by atoms with Crippen LogP contribution in [0.2, 0.25) is 0 Å². The van der Waals surface area contributed by atoms with Gasteiger partial charge in [0, 0.05) is 31.8 Å². The summed E-state index contributed by atoms with van der Waals surface area (Å²) in [6.45, 7) is 1.88. The van der Waals surface area contributed by atoms with E-state index >= 15 is 0 Å². The highest BCUT2D eigenvalue weighted by molar-refractivity contribution is 5.70. The van der Waals surface area contributed by atoms with Crippen LogP contribution >= 0.6 is 0 Å². The average Bonchev–Trinajstić information content (AvgIpc) is 2.38. The van der Waals surface area contributed by atoms with Crippen molar-refractivity contribution in [3.63, 3.8) is 0 Å². The third-order valence-electron chi connectivity index (χ3n) is 3.44. The third kappa shape index (κ3) is 2.53. The maximum absolute atomic E-state index is 10.6. The van der Waals surface area contributed by atoms with Crippen LogP contribution in [0.1, 0.15) is 12.8 Å². The minimum absolute atomic E-state index is 0.0153. The first-order valence-corrected chi connectivity index (χ1v) is 6.01. The number of nitro groups is 1. The maximum Gasteiger partial charge on any atom is 0.271 e. The van der Waals surface area contributed by atoms with Gasteiger partial charge in [0.25, 0.3) is 5.69 Å². The number of non-ortho nitro benzene ring substituents is 1. The molecular weight excluding hydrogens is 234 g/mol. The molecule has 6 heteroatoms. The van der Waals surface area contributed by atoms with E-state index in [1.54, 1.807) is 6.07 Å². The van der Waals surface area contributed by atoms with E-state index in [0.717, 1.165) is 31.6 Å². The minimum atomic E-state index is -0.446. The number of anilines is 2. The highest BCUT2D eigenvalue weighted by atomic mass is 16.6. The molecule has 1 fully saturated rings. The first-order valence-electron chi connectivity index (χ1n) is 6.01. The Labute approximate surface area is 105 Å². The molecule has 1 aliphatic heterocycles. The number of benzene rings is 1. The summed E-state index contributed by atoms with van der Waals surface area (Å²) in [6, 6.07) is 4.57. The number of nitro benzene ring substituents is 1. The van der Waals surface area contributed by atoms with Gasteiger partial charge in [-0.25, -0.2) is 0 Å². The number of nitrogen functional groups attached to an aromatic ring is 1. The zero-order chi connectivity index (χ0) is 13.1. The van der Waals surface area contributed by atoms with Crippen molar-refractivity contribution in [2.45, 2.75) is 12.8 Å². The molecule has 0 spiro atoms. The molecule has 1 heterocycles. The Morgan fingerprint density at radius 1 is 1.44 bits per heavy atom. The third-order valence-corrected chi connectivity index (χ3v) is 3.44. The molecular formula is C12H17N3O3. The molecule has 1 saturated heterocycles. The molecule has 0 aliphatic carbocycles. The van der Waals surface area contributed by atoms with Gasteiger partial charge in [0.15, 0.2) is 0 Å². The van der Waals surface area contributed by atoms with Gasteiger partial charge in [0.1, 0.15) is 0 Å². The predicted octanol–water partition coefficient (Wildman–Crippen LogP) is 1.39. The minimum Gasteiger partial charge on any atom is -0.397 e. The van der Waals surface area contributed by atoms with E-state index in [2.05, 4.69) is 4.90 Å². The summed E-state index contributed by atoms with van der Waals surface area (Å²) >= 11 is 0. The monoisotopic (exact) mass is 251 g/mol. The molecule has 0 saturated carbocycles. The smallest absolute Gasteiger partial charge is 0.271 e. The predicted molar refractivity (Wildman–Crippen MR) is 69.5 cm³/mol. The SMILES string of the molecule is Nc1cc([N+](=O)[O-])ccc1N1CCC(CO)CC1. The lowest BCUT2D eigenvalue weighted by Crippen LogP contribution is -2.35.